The van der Waals surface area contributed by atoms with Gasteiger partial charge in [0.1, 0.15) is 36.3 Å². The fraction of sp³-hybridized carbons (Fsp3) is 0.581. The Labute approximate surface area is 280 Å². The number of primary amides is 1. The van der Waals surface area contributed by atoms with E-state index >= 15 is 0 Å². The van der Waals surface area contributed by atoms with Gasteiger partial charge in [0.05, 0.1) is 6.61 Å². The second-order valence-corrected chi connectivity index (χ2v) is 12.1. The average Bonchev–Trinajstić information content (AvgIpc) is 3.54. The van der Waals surface area contributed by atoms with Gasteiger partial charge in [-0.25, -0.2) is 0 Å². The number of carbonyl (C=O) groups is 6. The second-order valence-electron chi connectivity index (χ2n) is 12.1. The van der Waals surface area contributed by atoms with E-state index in [9.17, 15) is 28.8 Å². The number of nitrogens with two attached hydrogens (primary N) is 4. The monoisotopic (exact) mass is 674 g/mol. The Bertz CT molecular complexity index is 1310. The lowest BCUT2D eigenvalue weighted by Crippen LogP contribution is -2.59. The molecular formula is C31H50N10O7. The van der Waals surface area contributed by atoms with Crippen LogP contribution >= 0.6 is 0 Å². The number of likely N-dealkylation sites (tertiary alicyclic amines) is 1. The summed E-state index contributed by atoms with van der Waals surface area (Å²) in [6, 6.07) is 2.44. The predicted octanol–water partition coefficient (Wildman–Crippen LogP) is -3.31. The molecule has 0 aromatic heterocycles. The van der Waals surface area contributed by atoms with Gasteiger partial charge in [-0.1, -0.05) is 44.2 Å². The van der Waals surface area contributed by atoms with Gasteiger partial charge in [0.15, 0.2) is 5.96 Å². The summed E-state index contributed by atoms with van der Waals surface area (Å²) in [5.41, 5.74) is 22.6. The van der Waals surface area contributed by atoms with Gasteiger partial charge in [-0.05, 0) is 44.1 Å². The van der Waals surface area contributed by atoms with Crippen molar-refractivity contribution in [3.63, 3.8) is 0 Å². The highest BCUT2D eigenvalue weighted by Gasteiger charge is 2.38. The van der Waals surface area contributed by atoms with Crippen molar-refractivity contribution in [2.45, 2.75) is 89.1 Å². The molecule has 13 N–H and O–H groups in total. The number of hydrogen-bond donors (Lipinski definition) is 9. The summed E-state index contributed by atoms with van der Waals surface area (Å²) >= 11 is 0. The number of aliphatic imine (C=N–C) groups is 1. The van der Waals surface area contributed by atoms with Crippen LogP contribution in [0.4, 0.5) is 0 Å². The molecule has 0 spiro atoms. The van der Waals surface area contributed by atoms with Gasteiger partial charge in [0.2, 0.25) is 35.4 Å². The van der Waals surface area contributed by atoms with Gasteiger partial charge in [0.25, 0.3) is 0 Å². The average molecular weight is 675 g/mol. The van der Waals surface area contributed by atoms with Gasteiger partial charge in [0, 0.05) is 19.5 Å². The highest BCUT2D eigenvalue weighted by atomic mass is 16.3. The van der Waals surface area contributed by atoms with E-state index in [4.69, 9.17) is 28.0 Å². The molecule has 1 fully saturated rings. The molecular weight excluding hydrogens is 624 g/mol. The molecule has 1 aliphatic heterocycles. The number of benzene rings is 1. The van der Waals surface area contributed by atoms with Crippen LogP contribution < -0.4 is 44.2 Å². The molecule has 6 atom stereocenters. The lowest BCUT2D eigenvalue weighted by Gasteiger charge is -2.29. The molecule has 266 valence electrons. The van der Waals surface area contributed by atoms with E-state index in [1.165, 1.54) is 11.8 Å². The van der Waals surface area contributed by atoms with Crippen LogP contribution in [-0.4, -0.2) is 107 Å². The van der Waals surface area contributed by atoms with Crippen molar-refractivity contribution >= 4 is 41.4 Å². The highest BCUT2D eigenvalue weighted by Crippen LogP contribution is 2.19. The molecule has 0 unspecified atom stereocenters. The molecule has 17 nitrogen and oxygen atoms in total. The van der Waals surface area contributed by atoms with Crippen LogP contribution in [0.25, 0.3) is 0 Å². The van der Waals surface area contributed by atoms with E-state index in [1.807, 2.05) is 0 Å². The van der Waals surface area contributed by atoms with Gasteiger partial charge >= 0.3 is 0 Å². The molecule has 6 amide bonds. The Balaban J connectivity index is 2.28. The number of hydrogen-bond acceptors (Lipinski definition) is 9. The molecule has 48 heavy (non-hydrogen) atoms. The minimum Gasteiger partial charge on any atom is -0.394 e. The van der Waals surface area contributed by atoms with Gasteiger partial charge in [-0.15, -0.1) is 0 Å². The standard InChI is InChI=1S/C31H50N10O7/c1-17(2)24(25(33)43)40-28(46)22(15-19-9-5-4-6-10-19)39-27(45)21(11-7-13-36-31(34)35)38-29(47)23-12-8-14-41(23)30(48)18(3)37-26(44)20(32)16-42/h4-6,9-10,17-18,20-24,42H,7-8,11-16,32H2,1-3H3,(H2,33,43)(H,37,44)(H,38,47)(H,39,45)(H,40,46)(H4,34,35,36)/t18-,20-,21-,22-,23-,24-/m0/s1. The van der Waals surface area contributed by atoms with E-state index in [0.29, 0.717) is 12.8 Å². The zero-order valence-corrected chi connectivity index (χ0v) is 27.7. The Morgan fingerprint density at radius 3 is 2.15 bits per heavy atom. The maximum Gasteiger partial charge on any atom is 0.245 e. The molecule has 0 saturated carbocycles. The van der Waals surface area contributed by atoms with Crippen molar-refractivity contribution in [3.8, 4) is 0 Å². The Morgan fingerprint density at radius 2 is 1.56 bits per heavy atom. The van der Waals surface area contributed by atoms with Crippen molar-refractivity contribution in [1.82, 2.24) is 26.2 Å². The first-order valence-electron chi connectivity index (χ1n) is 15.9. The summed E-state index contributed by atoms with van der Waals surface area (Å²) in [4.78, 5) is 83.4. The first-order valence-corrected chi connectivity index (χ1v) is 15.9. The molecule has 17 heteroatoms. The maximum atomic E-state index is 13.8. The third-order valence-electron chi connectivity index (χ3n) is 7.87. The number of rotatable bonds is 18. The fourth-order valence-electron chi connectivity index (χ4n) is 5.21. The topological polar surface area (TPSA) is 290 Å². The molecule has 1 aliphatic rings. The molecule has 1 heterocycles. The Hall–Kier alpha value is -4.77. The second kappa shape index (κ2) is 19.1. The lowest BCUT2D eigenvalue weighted by molar-refractivity contribution is -0.142. The maximum absolute atomic E-state index is 13.8. The molecule has 2 rings (SSSR count). The van der Waals surface area contributed by atoms with Gasteiger partial charge in [-0.3, -0.25) is 33.8 Å². The predicted molar refractivity (Wildman–Crippen MR) is 177 cm³/mol. The minimum absolute atomic E-state index is 0.0745. The number of nitrogens with one attached hydrogen (secondary N) is 4. The summed E-state index contributed by atoms with van der Waals surface area (Å²) in [5.74, 6) is -4.37. The smallest absolute Gasteiger partial charge is 0.245 e. The van der Waals surface area contributed by atoms with Crippen molar-refractivity contribution in [3.05, 3.63) is 35.9 Å². The minimum atomic E-state index is -1.21. The lowest BCUT2D eigenvalue weighted by atomic mass is 10.0. The number of aliphatic hydroxyl groups excluding tert-OH is 1. The molecule has 1 saturated heterocycles. The highest BCUT2D eigenvalue weighted by molar-refractivity contribution is 5.96. The summed E-state index contributed by atoms with van der Waals surface area (Å²) in [7, 11) is 0. The fourth-order valence-corrected chi connectivity index (χ4v) is 5.21. The van der Waals surface area contributed by atoms with E-state index in [-0.39, 0.29) is 44.2 Å². The van der Waals surface area contributed by atoms with Crippen molar-refractivity contribution in [2.24, 2.45) is 33.8 Å². The SMILES string of the molecule is CC(C)[C@H](NC(=O)[C@H](Cc1ccccc1)NC(=O)[C@H](CCCN=C(N)N)NC(=O)[C@@H]1CCCN1C(=O)[C@H](C)NC(=O)[C@@H](N)CO)C(N)=O. The molecule has 1 aromatic carbocycles. The molecule has 0 aliphatic carbocycles. The summed E-state index contributed by atoms with van der Waals surface area (Å²) in [6.45, 7) is 4.67. The van der Waals surface area contributed by atoms with Crippen molar-refractivity contribution in [2.75, 3.05) is 19.7 Å². The van der Waals surface area contributed by atoms with E-state index in [0.717, 1.165) is 5.56 Å². The zero-order valence-electron chi connectivity index (χ0n) is 27.7. The number of carbonyl (C=O) groups excluding carboxylic acids is 6. The summed E-state index contributed by atoms with van der Waals surface area (Å²) < 4.78 is 0. The normalized spacial score (nSPS) is 17.3. The Kier molecular flexibility index (Phi) is 15.7. The van der Waals surface area contributed by atoms with E-state index in [2.05, 4.69) is 26.3 Å². The molecule has 0 bridgehead atoms. The van der Waals surface area contributed by atoms with Gasteiger partial charge < -0.3 is 54.2 Å². The van der Waals surface area contributed by atoms with Crippen molar-refractivity contribution in [1.29, 1.82) is 0 Å². The quantitative estimate of drug-likeness (QED) is 0.0424. The zero-order chi connectivity index (χ0) is 36.0. The van der Waals surface area contributed by atoms with Crippen LogP contribution in [0.5, 0.6) is 0 Å². The summed E-state index contributed by atoms with van der Waals surface area (Å²) in [5, 5.41) is 19.6. The number of aliphatic hydroxyl groups is 1. The van der Waals surface area contributed by atoms with Gasteiger partial charge in [-0.2, -0.15) is 0 Å². The first kappa shape index (κ1) is 39.4. The Morgan fingerprint density at radius 1 is 0.917 bits per heavy atom. The van der Waals surface area contributed by atoms with Crippen LogP contribution in [0, 0.1) is 5.92 Å². The van der Waals surface area contributed by atoms with Crippen LogP contribution in [0.15, 0.2) is 35.3 Å². The third-order valence-corrected chi connectivity index (χ3v) is 7.87. The van der Waals surface area contributed by atoms with Crippen LogP contribution in [0.1, 0.15) is 52.0 Å². The summed E-state index contributed by atoms with van der Waals surface area (Å²) in [6.07, 6.45) is 1.24. The van der Waals surface area contributed by atoms with Crippen LogP contribution in [0.2, 0.25) is 0 Å². The number of guanidine groups is 1. The van der Waals surface area contributed by atoms with E-state index in [1.54, 1.807) is 44.2 Å². The van der Waals surface area contributed by atoms with Crippen LogP contribution in [-0.2, 0) is 35.2 Å². The molecule has 1 aromatic rings. The number of nitrogens with zero attached hydrogens (tertiary/aromatic N) is 2. The number of amides is 6. The van der Waals surface area contributed by atoms with Crippen molar-refractivity contribution < 1.29 is 33.9 Å². The van der Waals surface area contributed by atoms with E-state index < -0.39 is 78.3 Å². The third kappa shape index (κ3) is 12.1. The largest absolute Gasteiger partial charge is 0.394 e. The molecule has 0 radical (unpaired) electrons. The first-order chi connectivity index (χ1) is 22.7. The van der Waals surface area contributed by atoms with Crippen LogP contribution in [0.3, 0.4) is 0 Å².